The average Bonchev–Trinajstić information content (AvgIpc) is 2.29. The molecule has 0 aliphatic carbocycles. The van der Waals surface area contributed by atoms with Crippen LogP contribution in [0.4, 0.5) is 10.5 Å². The monoisotopic (exact) mass is 217 g/mol. The number of benzene rings is 1. The molecular formula is C12H15N3O. The summed E-state index contributed by atoms with van der Waals surface area (Å²) in [4.78, 5) is 11.4. The highest BCUT2D eigenvalue weighted by atomic mass is 16.2. The van der Waals surface area contributed by atoms with Crippen LogP contribution in [0.15, 0.2) is 18.2 Å². The van der Waals surface area contributed by atoms with Gasteiger partial charge in [-0.3, -0.25) is 0 Å². The Bertz CT molecular complexity index is 421. The lowest BCUT2D eigenvalue weighted by Crippen LogP contribution is -2.29. The summed E-state index contributed by atoms with van der Waals surface area (Å²) in [5.74, 6) is 0. The van der Waals surface area contributed by atoms with Gasteiger partial charge in [-0.2, -0.15) is 5.26 Å². The standard InChI is InChI=1S/C12H15N3O/c1-3-10-6-4-5-9(2)11(10)15-12(16)14-8-7-13/h4-6H,3,8H2,1-2H3,(H2,14,15,16). The third-order valence-electron chi connectivity index (χ3n) is 2.31. The number of amides is 2. The summed E-state index contributed by atoms with van der Waals surface area (Å²) in [6, 6.07) is 7.40. The maximum absolute atomic E-state index is 11.4. The first-order valence-corrected chi connectivity index (χ1v) is 5.19. The fraction of sp³-hybridized carbons (Fsp3) is 0.333. The van der Waals surface area contributed by atoms with Crippen molar-refractivity contribution in [2.75, 3.05) is 11.9 Å². The molecule has 0 aromatic heterocycles. The molecule has 0 bridgehead atoms. The molecule has 2 N–H and O–H groups in total. The number of hydrogen-bond donors (Lipinski definition) is 2. The molecule has 0 spiro atoms. The summed E-state index contributed by atoms with van der Waals surface area (Å²) in [5, 5.41) is 13.6. The predicted octanol–water partition coefficient (Wildman–Crippen LogP) is 2.20. The van der Waals surface area contributed by atoms with Crippen molar-refractivity contribution in [3.8, 4) is 6.07 Å². The smallest absolute Gasteiger partial charge is 0.320 e. The van der Waals surface area contributed by atoms with Crippen molar-refractivity contribution in [3.05, 3.63) is 29.3 Å². The first-order valence-electron chi connectivity index (χ1n) is 5.19. The molecule has 0 heterocycles. The minimum atomic E-state index is -0.342. The van der Waals surface area contributed by atoms with E-state index < -0.39 is 0 Å². The van der Waals surface area contributed by atoms with Gasteiger partial charge in [0.15, 0.2) is 0 Å². The molecule has 2 amide bonds. The van der Waals surface area contributed by atoms with Gasteiger partial charge in [-0.25, -0.2) is 4.79 Å². The molecule has 0 saturated carbocycles. The van der Waals surface area contributed by atoms with Gasteiger partial charge in [-0.1, -0.05) is 25.1 Å². The molecule has 0 saturated heterocycles. The molecule has 0 atom stereocenters. The third kappa shape index (κ3) is 2.99. The van der Waals surface area contributed by atoms with E-state index in [-0.39, 0.29) is 12.6 Å². The van der Waals surface area contributed by atoms with Crippen LogP contribution in [0.1, 0.15) is 18.1 Å². The van der Waals surface area contributed by atoms with Crippen LogP contribution in [0.2, 0.25) is 0 Å². The van der Waals surface area contributed by atoms with Crippen LogP contribution in [0.25, 0.3) is 0 Å². The molecular weight excluding hydrogens is 202 g/mol. The van der Waals surface area contributed by atoms with E-state index >= 15 is 0 Å². The number of rotatable bonds is 3. The van der Waals surface area contributed by atoms with E-state index in [0.717, 1.165) is 23.2 Å². The van der Waals surface area contributed by atoms with Crippen LogP contribution in [-0.2, 0) is 6.42 Å². The second-order valence-corrected chi connectivity index (χ2v) is 3.43. The van der Waals surface area contributed by atoms with E-state index in [2.05, 4.69) is 10.6 Å². The number of nitriles is 1. The number of hydrogen-bond acceptors (Lipinski definition) is 2. The maximum atomic E-state index is 11.4. The Balaban J connectivity index is 2.80. The van der Waals surface area contributed by atoms with Crippen LogP contribution in [0.5, 0.6) is 0 Å². The molecule has 0 radical (unpaired) electrons. The highest BCUT2D eigenvalue weighted by molar-refractivity contribution is 5.91. The third-order valence-corrected chi connectivity index (χ3v) is 2.31. The highest BCUT2D eigenvalue weighted by Crippen LogP contribution is 2.20. The summed E-state index contributed by atoms with van der Waals surface area (Å²) in [6.45, 7) is 3.99. The fourth-order valence-corrected chi connectivity index (χ4v) is 1.48. The van der Waals surface area contributed by atoms with Crippen molar-refractivity contribution in [2.24, 2.45) is 0 Å². The van der Waals surface area contributed by atoms with E-state index in [0.29, 0.717) is 0 Å². The fourth-order valence-electron chi connectivity index (χ4n) is 1.48. The molecule has 0 aliphatic rings. The lowest BCUT2D eigenvalue weighted by molar-refractivity contribution is 0.253. The lowest BCUT2D eigenvalue weighted by Gasteiger charge is -2.12. The number of carbonyl (C=O) groups is 1. The molecule has 4 nitrogen and oxygen atoms in total. The largest absolute Gasteiger partial charge is 0.325 e. The van der Waals surface area contributed by atoms with Gasteiger partial charge in [0.2, 0.25) is 0 Å². The number of anilines is 1. The number of carbonyl (C=O) groups excluding carboxylic acids is 1. The molecule has 0 unspecified atom stereocenters. The van der Waals surface area contributed by atoms with Gasteiger partial charge in [0.05, 0.1) is 6.07 Å². The van der Waals surface area contributed by atoms with Crippen LogP contribution in [0.3, 0.4) is 0 Å². The van der Waals surface area contributed by atoms with E-state index in [1.807, 2.05) is 38.1 Å². The average molecular weight is 217 g/mol. The van der Waals surface area contributed by atoms with Crippen LogP contribution in [0, 0.1) is 18.3 Å². The Morgan fingerprint density at radius 2 is 2.25 bits per heavy atom. The van der Waals surface area contributed by atoms with Crippen molar-refractivity contribution in [3.63, 3.8) is 0 Å². The van der Waals surface area contributed by atoms with Crippen LogP contribution in [-0.4, -0.2) is 12.6 Å². The van der Waals surface area contributed by atoms with E-state index in [1.54, 1.807) is 0 Å². The predicted molar refractivity (Wildman–Crippen MR) is 63.2 cm³/mol. The Labute approximate surface area is 95.3 Å². The van der Waals surface area contributed by atoms with E-state index in [1.165, 1.54) is 0 Å². The normalized spacial score (nSPS) is 9.31. The van der Waals surface area contributed by atoms with Crippen LogP contribution < -0.4 is 10.6 Å². The second-order valence-electron chi connectivity index (χ2n) is 3.43. The van der Waals surface area contributed by atoms with Crippen molar-refractivity contribution < 1.29 is 4.79 Å². The molecule has 1 rings (SSSR count). The van der Waals surface area contributed by atoms with Crippen molar-refractivity contribution >= 4 is 11.7 Å². The van der Waals surface area contributed by atoms with E-state index in [4.69, 9.17) is 5.26 Å². The van der Waals surface area contributed by atoms with Gasteiger partial charge >= 0.3 is 6.03 Å². The maximum Gasteiger partial charge on any atom is 0.320 e. The Morgan fingerprint density at radius 1 is 1.50 bits per heavy atom. The number of nitrogens with one attached hydrogen (secondary N) is 2. The lowest BCUT2D eigenvalue weighted by atomic mass is 10.1. The quantitative estimate of drug-likeness (QED) is 0.762. The van der Waals surface area contributed by atoms with E-state index in [9.17, 15) is 4.79 Å². The highest BCUT2D eigenvalue weighted by Gasteiger charge is 2.07. The first kappa shape index (κ1) is 12.1. The van der Waals surface area contributed by atoms with Gasteiger partial charge < -0.3 is 10.6 Å². The molecule has 1 aromatic carbocycles. The van der Waals surface area contributed by atoms with Gasteiger partial charge in [0.25, 0.3) is 0 Å². The van der Waals surface area contributed by atoms with Gasteiger partial charge in [0.1, 0.15) is 6.54 Å². The first-order chi connectivity index (χ1) is 7.69. The zero-order chi connectivity index (χ0) is 12.0. The van der Waals surface area contributed by atoms with Gasteiger partial charge in [0, 0.05) is 5.69 Å². The van der Waals surface area contributed by atoms with Crippen LogP contribution >= 0.6 is 0 Å². The summed E-state index contributed by atoms with van der Waals surface area (Å²) in [6.07, 6.45) is 0.857. The number of urea groups is 1. The Hall–Kier alpha value is -2.02. The number of para-hydroxylation sites is 1. The zero-order valence-corrected chi connectivity index (χ0v) is 9.50. The van der Waals surface area contributed by atoms with Crippen molar-refractivity contribution in [2.45, 2.75) is 20.3 Å². The minimum Gasteiger partial charge on any atom is -0.325 e. The molecule has 4 heteroatoms. The molecule has 0 fully saturated rings. The van der Waals surface area contributed by atoms with Crippen molar-refractivity contribution in [1.82, 2.24) is 5.32 Å². The summed E-state index contributed by atoms with van der Waals surface area (Å²) in [5.41, 5.74) is 2.94. The SMILES string of the molecule is CCc1cccc(C)c1NC(=O)NCC#N. The molecule has 0 aliphatic heterocycles. The van der Waals surface area contributed by atoms with Gasteiger partial charge in [-0.15, -0.1) is 0 Å². The Morgan fingerprint density at radius 3 is 2.88 bits per heavy atom. The molecule has 16 heavy (non-hydrogen) atoms. The molecule has 84 valence electrons. The Kier molecular flexibility index (Phi) is 4.34. The second kappa shape index (κ2) is 5.76. The summed E-state index contributed by atoms with van der Waals surface area (Å²) < 4.78 is 0. The van der Waals surface area contributed by atoms with Gasteiger partial charge in [-0.05, 0) is 24.5 Å². The van der Waals surface area contributed by atoms with Crippen molar-refractivity contribution in [1.29, 1.82) is 5.26 Å². The zero-order valence-electron chi connectivity index (χ0n) is 9.50. The summed E-state index contributed by atoms with van der Waals surface area (Å²) >= 11 is 0. The topological polar surface area (TPSA) is 64.9 Å². The molecule has 1 aromatic rings. The minimum absolute atomic E-state index is 0.0131. The summed E-state index contributed by atoms with van der Waals surface area (Å²) in [7, 11) is 0. The number of aryl methyl sites for hydroxylation is 2. The number of nitrogens with zero attached hydrogens (tertiary/aromatic N) is 1.